The fraction of sp³-hybridized carbons (Fsp3) is 0.500. The van der Waals surface area contributed by atoms with Gasteiger partial charge in [0.1, 0.15) is 0 Å². The largest absolute Gasteiger partial charge is 0.466 e. The van der Waals surface area contributed by atoms with Crippen molar-refractivity contribution >= 4 is 5.97 Å². The summed E-state index contributed by atoms with van der Waals surface area (Å²) in [6, 6.07) is 0. The van der Waals surface area contributed by atoms with Gasteiger partial charge in [0.15, 0.2) is 0 Å². The Morgan fingerprint density at radius 2 is 1.76 bits per heavy atom. The third-order valence-electron chi connectivity index (χ3n) is 2.89. The summed E-state index contributed by atoms with van der Waals surface area (Å²) in [6.07, 6.45) is 15.2. The van der Waals surface area contributed by atoms with Crippen LogP contribution in [-0.4, -0.2) is 23.8 Å². The van der Waals surface area contributed by atoms with Crippen LogP contribution in [0.5, 0.6) is 0 Å². The molecule has 3 nitrogen and oxygen atoms in total. The summed E-state index contributed by atoms with van der Waals surface area (Å²) >= 11 is 0. The number of aliphatic hydroxyl groups is 1. The normalized spacial score (nSPS) is 20.4. The summed E-state index contributed by atoms with van der Waals surface area (Å²) in [6.45, 7) is 0. The van der Waals surface area contributed by atoms with Gasteiger partial charge < -0.3 is 9.84 Å². The summed E-state index contributed by atoms with van der Waals surface area (Å²) in [5.74, 6) is -0.371. The molecule has 0 aromatic rings. The van der Waals surface area contributed by atoms with Crippen LogP contribution in [0, 0.1) is 0 Å². The lowest BCUT2D eigenvalue weighted by Crippen LogP contribution is -2.28. The van der Waals surface area contributed by atoms with Crippen molar-refractivity contribution in [3.63, 3.8) is 0 Å². The van der Waals surface area contributed by atoms with E-state index in [0.717, 1.165) is 25.7 Å². The van der Waals surface area contributed by atoms with Gasteiger partial charge in [0.2, 0.25) is 0 Å². The highest BCUT2D eigenvalue weighted by molar-refractivity contribution is 5.82. The van der Waals surface area contributed by atoms with Crippen molar-refractivity contribution in [2.24, 2.45) is 0 Å². The number of ether oxygens (including phenoxy) is 1. The van der Waals surface area contributed by atoms with E-state index >= 15 is 0 Å². The molecule has 0 aromatic heterocycles. The molecular weight excluding hydrogens is 216 g/mol. The van der Waals surface area contributed by atoms with Crippen LogP contribution in [0.2, 0.25) is 0 Å². The van der Waals surface area contributed by atoms with E-state index in [0.29, 0.717) is 0 Å². The Kier molecular flexibility index (Phi) is 5.70. The molecule has 1 rings (SSSR count). The molecule has 3 heteroatoms. The fourth-order valence-corrected chi connectivity index (χ4v) is 1.90. The number of hydrogen-bond donors (Lipinski definition) is 1. The molecule has 0 aromatic carbocycles. The second-order valence-electron chi connectivity index (χ2n) is 4.29. The summed E-state index contributed by atoms with van der Waals surface area (Å²) in [4.78, 5) is 10.7. The zero-order valence-electron chi connectivity index (χ0n) is 10.3. The third kappa shape index (κ3) is 5.50. The number of esters is 1. The Labute approximate surface area is 102 Å². The van der Waals surface area contributed by atoms with Crippen LogP contribution in [0.1, 0.15) is 32.1 Å². The molecule has 0 heterocycles. The SMILES string of the molecule is COC(=O)/C=C/C=C/C=C/C1(O)CCCCC1. The van der Waals surface area contributed by atoms with E-state index in [1.165, 1.54) is 19.6 Å². The maximum Gasteiger partial charge on any atom is 0.330 e. The van der Waals surface area contributed by atoms with Crippen molar-refractivity contribution in [3.05, 3.63) is 36.5 Å². The van der Waals surface area contributed by atoms with Gasteiger partial charge in [0, 0.05) is 6.08 Å². The van der Waals surface area contributed by atoms with E-state index < -0.39 is 5.60 Å². The van der Waals surface area contributed by atoms with Gasteiger partial charge in [-0.25, -0.2) is 4.79 Å². The molecule has 0 unspecified atom stereocenters. The van der Waals surface area contributed by atoms with Gasteiger partial charge in [0.05, 0.1) is 12.7 Å². The summed E-state index contributed by atoms with van der Waals surface area (Å²) in [5, 5.41) is 10.1. The molecule has 0 aliphatic heterocycles. The highest BCUT2D eigenvalue weighted by Crippen LogP contribution is 2.28. The second-order valence-corrected chi connectivity index (χ2v) is 4.29. The molecule has 1 saturated carbocycles. The van der Waals surface area contributed by atoms with E-state index in [4.69, 9.17) is 0 Å². The zero-order valence-corrected chi connectivity index (χ0v) is 10.3. The van der Waals surface area contributed by atoms with Gasteiger partial charge in [-0.2, -0.15) is 0 Å². The molecule has 0 saturated heterocycles. The van der Waals surface area contributed by atoms with Crippen LogP contribution in [0.3, 0.4) is 0 Å². The van der Waals surface area contributed by atoms with Gasteiger partial charge in [-0.1, -0.05) is 49.6 Å². The number of carbonyl (C=O) groups is 1. The lowest BCUT2D eigenvalue weighted by molar-refractivity contribution is -0.134. The first-order chi connectivity index (χ1) is 8.16. The van der Waals surface area contributed by atoms with Crippen LogP contribution < -0.4 is 0 Å². The standard InChI is InChI=1S/C14H20O3/c1-17-13(15)9-5-2-3-6-10-14(16)11-7-4-8-12-14/h2-3,5-6,9-10,16H,4,7-8,11-12H2,1H3/b3-2+,9-5+,10-6+. The Morgan fingerprint density at radius 3 is 2.41 bits per heavy atom. The molecule has 0 bridgehead atoms. The average molecular weight is 236 g/mol. The summed E-state index contributed by atoms with van der Waals surface area (Å²) < 4.78 is 4.45. The topological polar surface area (TPSA) is 46.5 Å². The maximum atomic E-state index is 10.7. The molecule has 0 spiro atoms. The third-order valence-corrected chi connectivity index (χ3v) is 2.89. The predicted octanol–water partition coefficient (Wildman–Crippen LogP) is 2.52. The molecule has 1 fully saturated rings. The van der Waals surface area contributed by atoms with E-state index in [1.807, 2.05) is 12.2 Å². The molecule has 1 N–H and O–H groups in total. The van der Waals surface area contributed by atoms with Gasteiger partial charge >= 0.3 is 5.97 Å². The van der Waals surface area contributed by atoms with Crippen LogP contribution in [0.15, 0.2) is 36.5 Å². The number of rotatable bonds is 4. The van der Waals surface area contributed by atoms with Gasteiger partial charge in [0.25, 0.3) is 0 Å². The Morgan fingerprint density at radius 1 is 1.12 bits per heavy atom. The van der Waals surface area contributed by atoms with Crippen LogP contribution in [-0.2, 0) is 9.53 Å². The molecule has 0 radical (unpaired) electrons. The molecule has 0 atom stereocenters. The number of carbonyl (C=O) groups excluding carboxylic acids is 1. The van der Waals surface area contributed by atoms with E-state index in [-0.39, 0.29) is 5.97 Å². The van der Waals surface area contributed by atoms with Crippen molar-refractivity contribution in [1.29, 1.82) is 0 Å². The van der Waals surface area contributed by atoms with Gasteiger partial charge in [-0.15, -0.1) is 0 Å². The van der Waals surface area contributed by atoms with E-state index in [2.05, 4.69) is 4.74 Å². The molecule has 94 valence electrons. The number of methoxy groups -OCH3 is 1. The van der Waals surface area contributed by atoms with Crippen molar-refractivity contribution in [3.8, 4) is 0 Å². The van der Waals surface area contributed by atoms with Crippen LogP contribution in [0.25, 0.3) is 0 Å². The smallest absolute Gasteiger partial charge is 0.330 e. The maximum absolute atomic E-state index is 10.7. The molecule has 17 heavy (non-hydrogen) atoms. The van der Waals surface area contributed by atoms with Crippen molar-refractivity contribution in [1.82, 2.24) is 0 Å². The summed E-state index contributed by atoms with van der Waals surface area (Å²) in [5.41, 5.74) is -0.630. The first kappa shape index (κ1) is 13.7. The van der Waals surface area contributed by atoms with Gasteiger partial charge in [-0.3, -0.25) is 0 Å². The molecular formula is C14H20O3. The minimum absolute atomic E-state index is 0.371. The monoisotopic (exact) mass is 236 g/mol. The van der Waals surface area contributed by atoms with Crippen molar-refractivity contribution in [2.45, 2.75) is 37.7 Å². The first-order valence-electron chi connectivity index (χ1n) is 5.99. The highest BCUT2D eigenvalue weighted by Gasteiger charge is 2.25. The first-order valence-corrected chi connectivity index (χ1v) is 5.99. The quantitative estimate of drug-likeness (QED) is 0.463. The molecule has 1 aliphatic carbocycles. The minimum Gasteiger partial charge on any atom is -0.466 e. The van der Waals surface area contributed by atoms with Crippen molar-refractivity contribution in [2.75, 3.05) is 7.11 Å². The predicted molar refractivity (Wildman–Crippen MR) is 67.5 cm³/mol. The summed E-state index contributed by atoms with van der Waals surface area (Å²) in [7, 11) is 1.34. The molecule has 1 aliphatic rings. The zero-order chi connectivity index (χ0) is 12.6. The Bertz CT molecular complexity index is 320. The van der Waals surface area contributed by atoms with Crippen LogP contribution >= 0.6 is 0 Å². The fourth-order valence-electron chi connectivity index (χ4n) is 1.90. The Balaban J connectivity index is 2.36. The molecule has 0 amide bonds. The lowest BCUT2D eigenvalue weighted by Gasteiger charge is -2.28. The van der Waals surface area contributed by atoms with Gasteiger partial charge in [-0.05, 0) is 12.8 Å². The van der Waals surface area contributed by atoms with Crippen LogP contribution in [0.4, 0.5) is 0 Å². The highest BCUT2D eigenvalue weighted by atomic mass is 16.5. The average Bonchev–Trinajstić information content (AvgIpc) is 2.34. The number of hydrogen-bond acceptors (Lipinski definition) is 3. The minimum atomic E-state index is -0.630. The second kappa shape index (κ2) is 7.07. The van der Waals surface area contributed by atoms with E-state index in [9.17, 15) is 9.90 Å². The number of allylic oxidation sites excluding steroid dienone is 4. The Hall–Kier alpha value is -1.35. The lowest BCUT2D eigenvalue weighted by atomic mass is 9.85. The van der Waals surface area contributed by atoms with Crippen molar-refractivity contribution < 1.29 is 14.6 Å². The van der Waals surface area contributed by atoms with E-state index in [1.54, 1.807) is 18.2 Å².